The van der Waals surface area contributed by atoms with Gasteiger partial charge in [-0.15, -0.1) is 0 Å². The van der Waals surface area contributed by atoms with Crippen molar-refractivity contribution in [2.45, 2.75) is 13.8 Å². The summed E-state index contributed by atoms with van der Waals surface area (Å²) in [5.74, 6) is -0.645. The zero-order valence-electron chi connectivity index (χ0n) is 20.3. The van der Waals surface area contributed by atoms with Crippen molar-refractivity contribution in [1.82, 2.24) is 9.97 Å². The van der Waals surface area contributed by atoms with Gasteiger partial charge in [0.05, 0.1) is 17.6 Å². The first-order valence-electron chi connectivity index (χ1n) is 11.5. The van der Waals surface area contributed by atoms with E-state index in [1.807, 2.05) is 0 Å². The van der Waals surface area contributed by atoms with Gasteiger partial charge in [-0.05, 0) is 38.1 Å². The first-order valence-corrected chi connectivity index (χ1v) is 11.5. The Morgan fingerprint density at radius 2 is 1.68 bits per heavy atom. The van der Waals surface area contributed by atoms with E-state index in [1.54, 1.807) is 80.6 Å². The molecule has 0 atom stereocenters. The van der Waals surface area contributed by atoms with Crippen LogP contribution in [0.3, 0.4) is 0 Å². The summed E-state index contributed by atoms with van der Waals surface area (Å²) >= 11 is 0. The lowest BCUT2D eigenvalue weighted by Crippen LogP contribution is -2.38. The Bertz CT molecular complexity index is 1480. The van der Waals surface area contributed by atoms with E-state index >= 15 is 0 Å². The summed E-state index contributed by atoms with van der Waals surface area (Å²) in [5.41, 5.74) is 8.43. The van der Waals surface area contributed by atoms with Gasteiger partial charge in [0.25, 0.3) is 0 Å². The van der Waals surface area contributed by atoms with Crippen LogP contribution in [0.5, 0.6) is 5.75 Å². The van der Waals surface area contributed by atoms with Crippen molar-refractivity contribution >= 4 is 40.4 Å². The molecule has 0 bridgehead atoms. The van der Waals surface area contributed by atoms with Gasteiger partial charge in [0.2, 0.25) is 5.78 Å². The molecule has 0 unspecified atom stereocenters. The molecule has 0 fully saturated rings. The number of aromatic nitrogens is 2. The maximum Gasteiger partial charge on any atom is 0.420 e. The highest BCUT2D eigenvalue weighted by Gasteiger charge is 2.24. The van der Waals surface area contributed by atoms with Gasteiger partial charge in [-0.25, -0.2) is 9.78 Å². The highest BCUT2D eigenvalue weighted by atomic mass is 16.6. The molecule has 0 spiro atoms. The third kappa shape index (κ3) is 5.48. The average molecular weight is 500 g/mol. The number of nitrogens with one attached hydrogen (secondary N) is 2. The van der Waals surface area contributed by atoms with Crippen LogP contribution in [0.2, 0.25) is 0 Å². The van der Waals surface area contributed by atoms with E-state index in [9.17, 15) is 14.4 Å². The number of ketones is 1. The van der Waals surface area contributed by atoms with Gasteiger partial charge in [-0.1, -0.05) is 42.5 Å². The van der Waals surface area contributed by atoms with Gasteiger partial charge in [-0.3, -0.25) is 19.9 Å². The summed E-state index contributed by atoms with van der Waals surface area (Å²) in [7, 11) is 0. The minimum atomic E-state index is -0.765. The Morgan fingerprint density at radius 1 is 1.00 bits per heavy atom. The number of hydrogen-bond acceptors (Lipinski definition) is 7. The van der Waals surface area contributed by atoms with Crippen LogP contribution in [0.4, 0.5) is 10.5 Å². The number of aromatic amines is 1. The zero-order chi connectivity index (χ0) is 26.5. The predicted octanol–water partition coefficient (Wildman–Crippen LogP) is 3.95. The number of amidine groups is 1. The third-order valence-electron chi connectivity index (χ3n) is 5.61. The van der Waals surface area contributed by atoms with E-state index in [4.69, 9.17) is 20.6 Å². The highest BCUT2D eigenvalue weighted by Crippen LogP contribution is 2.28. The standard InChI is InChI=1S/C27H25N5O5/c1-3-36-22(33)15-32(19-7-5-4-6-8-19)27(35)37-21-14-13-20-23(16(21)2)31-26(30-20)24(34)17-9-11-18(12-10-17)25(28)29/h4-14H,3,15H2,1-2H3,(H3,28,29)(H,30,31). The molecule has 0 aliphatic carbocycles. The largest absolute Gasteiger partial charge is 0.465 e. The fourth-order valence-corrected chi connectivity index (χ4v) is 3.70. The van der Waals surface area contributed by atoms with E-state index in [2.05, 4.69) is 9.97 Å². The lowest BCUT2D eigenvalue weighted by molar-refractivity contribution is -0.141. The lowest BCUT2D eigenvalue weighted by atomic mass is 10.1. The molecule has 0 aliphatic rings. The van der Waals surface area contributed by atoms with Crippen molar-refractivity contribution in [3.05, 3.63) is 89.2 Å². The molecule has 37 heavy (non-hydrogen) atoms. The Balaban J connectivity index is 1.59. The number of carbonyl (C=O) groups excluding carboxylic acids is 3. The molecule has 3 aromatic carbocycles. The van der Waals surface area contributed by atoms with Crippen molar-refractivity contribution in [3.63, 3.8) is 0 Å². The molecule has 1 aromatic heterocycles. The van der Waals surface area contributed by atoms with E-state index in [-0.39, 0.29) is 36.3 Å². The second-order valence-corrected chi connectivity index (χ2v) is 8.09. The summed E-state index contributed by atoms with van der Waals surface area (Å²) in [6.45, 7) is 3.28. The molecule has 4 aromatic rings. The van der Waals surface area contributed by atoms with Gasteiger partial charge in [0, 0.05) is 22.4 Å². The molecule has 1 amide bonds. The SMILES string of the molecule is CCOC(=O)CN(C(=O)Oc1ccc2[nH]c(C(=O)c3ccc(C(=N)N)cc3)nc2c1C)c1ccccc1. The topological polar surface area (TPSA) is 151 Å². The van der Waals surface area contributed by atoms with Crippen molar-refractivity contribution in [3.8, 4) is 5.75 Å². The fourth-order valence-electron chi connectivity index (χ4n) is 3.70. The number of benzene rings is 3. The monoisotopic (exact) mass is 499 g/mol. The highest BCUT2D eigenvalue weighted by molar-refractivity contribution is 6.08. The Hall–Kier alpha value is -4.99. The van der Waals surface area contributed by atoms with E-state index in [0.29, 0.717) is 33.4 Å². The number of anilines is 1. The molecule has 0 aliphatic heterocycles. The number of rotatable bonds is 8. The molecule has 4 N–H and O–H groups in total. The zero-order valence-corrected chi connectivity index (χ0v) is 20.3. The first-order chi connectivity index (χ1) is 17.8. The van der Waals surface area contributed by atoms with Crippen LogP contribution in [0.15, 0.2) is 66.7 Å². The molecule has 10 heteroatoms. The Labute approximate surface area is 212 Å². The van der Waals surface area contributed by atoms with Crippen LogP contribution in [0.25, 0.3) is 11.0 Å². The van der Waals surface area contributed by atoms with Crippen LogP contribution >= 0.6 is 0 Å². The molecule has 1 heterocycles. The number of ether oxygens (including phenoxy) is 2. The normalized spacial score (nSPS) is 10.6. The second kappa shape index (κ2) is 10.7. The third-order valence-corrected chi connectivity index (χ3v) is 5.61. The number of nitrogen functional groups attached to an aromatic ring is 1. The van der Waals surface area contributed by atoms with Crippen molar-refractivity contribution in [1.29, 1.82) is 5.41 Å². The number of imidazole rings is 1. The van der Waals surface area contributed by atoms with Crippen LogP contribution in [-0.2, 0) is 9.53 Å². The molecule has 10 nitrogen and oxygen atoms in total. The lowest BCUT2D eigenvalue weighted by Gasteiger charge is -2.21. The Kier molecular flexibility index (Phi) is 7.28. The van der Waals surface area contributed by atoms with Crippen LogP contribution in [0.1, 0.15) is 34.2 Å². The smallest absolute Gasteiger partial charge is 0.420 e. The minimum Gasteiger partial charge on any atom is -0.465 e. The quantitative estimate of drug-likeness (QED) is 0.144. The van der Waals surface area contributed by atoms with Gasteiger partial charge in [0.1, 0.15) is 18.1 Å². The molecular weight excluding hydrogens is 474 g/mol. The number of aryl methyl sites for hydroxylation is 1. The number of para-hydroxylation sites is 1. The van der Waals surface area contributed by atoms with E-state index < -0.39 is 12.1 Å². The first kappa shape index (κ1) is 25.1. The van der Waals surface area contributed by atoms with Gasteiger partial charge < -0.3 is 20.2 Å². The summed E-state index contributed by atoms with van der Waals surface area (Å²) < 4.78 is 10.7. The molecule has 4 rings (SSSR count). The van der Waals surface area contributed by atoms with E-state index in [1.165, 1.54) is 4.90 Å². The number of H-pyrrole nitrogens is 1. The average Bonchev–Trinajstić information content (AvgIpc) is 3.34. The van der Waals surface area contributed by atoms with Gasteiger partial charge in [0.15, 0.2) is 5.82 Å². The molecule has 0 saturated carbocycles. The molecule has 0 saturated heterocycles. The number of esters is 1. The number of hydrogen-bond donors (Lipinski definition) is 3. The van der Waals surface area contributed by atoms with Crippen molar-refractivity contribution < 1.29 is 23.9 Å². The number of carbonyl (C=O) groups is 3. The molecule has 188 valence electrons. The number of nitrogens with zero attached hydrogens (tertiary/aromatic N) is 2. The summed E-state index contributed by atoms with van der Waals surface area (Å²) in [6.07, 6.45) is -0.765. The maximum absolute atomic E-state index is 13.1. The van der Waals surface area contributed by atoms with Crippen molar-refractivity contribution in [2.24, 2.45) is 5.73 Å². The number of fused-ring (bicyclic) bond motifs is 1. The summed E-state index contributed by atoms with van der Waals surface area (Å²) in [4.78, 5) is 46.8. The van der Waals surface area contributed by atoms with Crippen molar-refractivity contribution in [2.75, 3.05) is 18.1 Å². The van der Waals surface area contributed by atoms with Gasteiger partial charge >= 0.3 is 12.1 Å². The van der Waals surface area contributed by atoms with Gasteiger partial charge in [-0.2, -0.15) is 0 Å². The van der Waals surface area contributed by atoms with Crippen LogP contribution in [0, 0.1) is 12.3 Å². The minimum absolute atomic E-state index is 0.0893. The second-order valence-electron chi connectivity index (χ2n) is 8.09. The van der Waals surface area contributed by atoms with Crippen LogP contribution < -0.4 is 15.4 Å². The van der Waals surface area contributed by atoms with E-state index in [0.717, 1.165) is 0 Å². The molecule has 0 radical (unpaired) electrons. The summed E-state index contributed by atoms with van der Waals surface area (Å²) in [6, 6.07) is 18.2. The number of amides is 1. The fraction of sp³-hybridized carbons (Fsp3) is 0.148. The van der Waals surface area contributed by atoms with Crippen LogP contribution in [-0.4, -0.2) is 46.8 Å². The Morgan fingerprint density at radius 3 is 2.32 bits per heavy atom. The number of nitrogens with two attached hydrogens (primary N) is 1. The maximum atomic E-state index is 13.1. The predicted molar refractivity (Wildman–Crippen MR) is 138 cm³/mol. The molecular formula is C27H25N5O5. The summed E-state index contributed by atoms with van der Waals surface area (Å²) in [5, 5.41) is 7.48.